The SMILES string of the molecule is NS(=O)(=O)C1=CC=CN2SNC=C12. The zero-order valence-electron chi connectivity index (χ0n) is 6.47. The number of fused-ring (bicyclic) bond motifs is 1. The highest BCUT2D eigenvalue weighted by atomic mass is 32.2. The summed E-state index contributed by atoms with van der Waals surface area (Å²) in [5.41, 5.74) is 0.565. The third-order valence-corrected chi connectivity index (χ3v) is 3.31. The quantitative estimate of drug-likeness (QED) is 0.604. The molecular formula is C6H7N3O2S2. The van der Waals surface area contributed by atoms with Crippen LogP contribution in [0.4, 0.5) is 0 Å². The van der Waals surface area contributed by atoms with E-state index in [1.54, 1.807) is 22.8 Å². The fourth-order valence-corrected chi connectivity index (χ4v) is 2.51. The van der Waals surface area contributed by atoms with Gasteiger partial charge < -0.3 is 4.72 Å². The Balaban J connectivity index is 2.49. The van der Waals surface area contributed by atoms with E-state index in [4.69, 9.17) is 5.14 Å². The van der Waals surface area contributed by atoms with Crippen LogP contribution < -0.4 is 9.86 Å². The first-order valence-corrected chi connectivity index (χ1v) is 5.74. The van der Waals surface area contributed by atoms with Gasteiger partial charge >= 0.3 is 0 Å². The van der Waals surface area contributed by atoms with E-state index < -0.39 is 10.0 Å². The average molecular weight is 217 g/mol. The zero-order valence-corrected chi connectivity index (χ0v) is 8.10. The monoisotopic (exact) mass is 217 g/mol. The van der Waals surface area contributed by atoms with Crippen molar-refractivity contribution in [2.45, 2.75) is 0 Å². The zero-order chi connectivity index (χ0) is 9.47. The van der Waals surface area contributed by atoms with Crippen molar-refractivity contribution < 1.29 is 8.42 Å². The number of nitrogens with one attached hydrogen (secondary N) is 1. The number of allylic oxidation sites excluding steroid dienone is 2. The lowest BCUT2D eigenvalue weighted by molar-refractivity contribution is 0.602. The molecule has 5 nitrogen and oxygen atoms in total. The minimum atomic E-state index is -3.63. The first-order valence-electron chi connectivity index (χ1n) is 3.42. The van der Waals surface area contributed by atoms with E-state index in [1.165, 1.54) is 18.2 Å². The maximum absolute atomic E-state index is 11.1. The summed E-state index contributed by atoms with van der Waals surface area (Å²) in [5, 5.41) is 5.03. The van der Waals surface area contributed by atoms with Crippen LogP contribution in [0.3, 0.4) is 0 Å². The smallest absolute Gasteiger partial charge is 0.240 e. The molecule has 2 aliphatic heterocycles. The molecule has 0 fully saturated rings. The molecule has 0 amide bonds. The lowest BCUT2D eigenvalue weighted by Gasteiger charge is -2.18. The van der Waals surface area contributed by atoms with Gasteiger partial charge in [0.2, 0.25) is 10.0 Å². The van der Waals surface area contributed by atoms with Crippen molar-refractivity contribution in [2.24, 2.45) is 5.14 Å². The van der Waals surface area contributed by atoms with Crippen LogP contribution >= 0.6 is 12.1 Å². The molecule has 0 radical (unpaired) electrons. The molecule has 2 heterocycles. The van der Waals surface area contributed by atoms with Crippen LogP contribution in [0.15, 0.2) is 35.2 Å². The molecule has 0 spiro atoms. The Morgan fingerprint density at radius 2 is 2.31 bits per heavy atom. The van der Waals surface area contributed by atoms with Crippen molar-refractivity contribution in [2.75, 3.05) is 0 Å². The summed E-state index contributed by atoms with van der Waals surface area (Å²) in [7, 11) is -3.63. The van der Waals surface area contributed by atoms with Crippen molar-refractivity contribution >= 4 is 22.2 Å². The van der Waals surface area contributed by atoms with E-state index in [0.29, 0.717) is 5.70 Å². The Kier molecular flexibility index (Phi) is 1.86. The van der Waals surface area contributed by atoms with E-state index >= 15 is 0 Å². The molecule has 2 rings (SSSR count). The van der Waals surface area contributed by atoms with Gasteiger partial charge in [0.25, 0.3) is 0 Å². The highest BCUT2D eigenvalue weighted by Crippen LogP contribution is 2.31. The lowest BCUT2D eigenvalue weighted by Crippen LogP contribution is -2.21. The van der Waals surface area contributed by atoms with Gasteiger partial charge in [0.1, 0.15) is 4.91 Å². The number of sulfonamides is 1. The van der Waals surface area contributed by atoms with Gasteiger partial charge in [-0.1, -0.05) is 0 Å². The topological polar surface area (TPSA) is 75.4 Å². The van der Waals surface area contributed by atoms with Gasteiger partial charge in [0.05, 0.1) is 17.8 Å². The second kappa shape index (κ2) is 2.79. The number of rotatable bonds is 1. The predicted octanol–water partition coefficient (Wildman–Crippen LogP) is -0.00410. The Bertz CT molecular complexity index is 421. The minimum Gasteiger partial charge on any atom is -0.316 e. The van der Waals surface area contributed by atoms with Crippen LogP contribution in [0.25, 0.3) is 0 Å². The second-order valence-corrected chi connectivity index (χ2v) is 4.82. The van der Waals surface area contributed by atoms with E-state index in [1.807, 2.05) is 0 Å². The van der Waals surface area contributed by atoms with Crippen LogP contribution in [0.5, 0.6) is 0 Å². The number of hydrogen-bond acceptors (Lipinski definition) is 5. The number of primary sulfonamides is 1. The van der Waals surface area contributed by atoms with Gasteiger partial charge in [0, 0.05) is 12.4 Å². The maximum Gasteiger partial charge on any atom is 0.240 e. The predicted molar refractivity (Wildman–Crippen MR) is 51.0 cm³/mol. The summed E-state index contributed by atoms with van der Waals surface area (Å²) in [6, 6.07) is 0. The van der Waals surface area contributed by atoms with E-state index in [2.05, 4.69) is 4.72 Å². The summed E-state index contributed by atoms with van der Waals surface area (Å²) >= 11 is 1.29. The van der Waals surface area contributed by atoms with Crippen molar-refractivity contribution in [1.82, 2.24) is 9.03 Å². The van der Waals surface area contributed by atoms with Crippen molar-refractivity contribution in [1.29, 1.82) is 0 Å². The third kappa shape index (κ3) is 1.45. The van der Waals surface area contributed by atoms with Crippen LogP contribution in [0.1, 0.15) is 0 Å². The van der Waals surface area contributed by atoms with Crippen LogP contribution in [0.2, 0.25) is 0 Å². The van der Waals surface area contributed by atoms with Gasteiger partial charge in [-0.25, -0.2) is 13.6 Å². The van der Waals surface area contributed by atoms with Crippen LogP contribution in [-0.2, 0) is 10.0 Å². The molecule has 70 valence electrons. The molecule has 0 aliphatic carbocycles. The summed E-state index contributed by atoms with van der Waals surface area (Å²) in [6.07, 6.45) is 6.47. The molecule has 0 aromatic heterocycles. The van der Waals surface area contributed by atoms with Gasteiger partial charge in [0.15, 0.2) is 0 Å². The molecule has 0 bridgehead atoms. The maximum atomic E-state index is 11.1. The molecule has 0 saturated heterocycles. The van der Waals surface area contributed by atoms with Crippen molar-refractivity contribution in [3.8, 4) is 0 Å². The molecule has 0 aromatic rings. The van der Waals surface area contributed by atoms with Gasteiger partial charge in [-0.15, -0.1) is 0 Å². The van der Waals surface area contributed by atoms with Gasteiger partial charge in [-0.05, 0) is 12.2 Å². The highest BCUT2D eigenvalue weighted by Gasteiger charge is 2.26. The Morgan fingerprint density at radius 1 is 1.54 bits per heavy atom. The molecule has 0 saturated carbocycles. The first kappa shape index (κ1) is 8.67. The first-order chi connectivity index (χ1) is 6.09. The fourth-order valence-electron chi connectivity index (χ4n) is 1.08. The van der Waals surface area contributed by atoms with Crippen LogP contribution in [0, 0.1) is 0 Å². The molecule has 7 heteroatoms. The van der Waals surface area contributed by atoms with E-state index in [9.17, 15) is 8.42 Å². The lowest BCUT2D eigenvalue weighted by atomic mass is 10.3. The van der Waals surface area contributed by atoms with E-state index in [0.717, 1.165) is 0 Å². The Hall–Kier alpha value is -0.920. The summed E-state index contributed by atoms with van der Waals surface area (Å²) in [6.45, 7) is 0. The molecule has 13 heavy (non-hydrogen) atoms. The normalized spacial score (nSPS) is 20.5. The van der Waals surface area contributed by atoms with Crippen LogP contribution in [-0.4, -0.2) is 12.7 Å². The number of nitrogens with zero attached hydrogens (tertiary/aromatic N) is 1. The van der Waals surface area contributed by atoms with Gasteiger partial charge in [-0.3, -0.25) is 4.31 Å². The van der Waals surface area contributed by atoms with Crippen molar-refractivity contribution in [3.63, 3.8) is 0 Å². The molecule has 0 aromatic carbocycles. The second-order valence-electron chi connectivity index (χ2n) is 2.48. The molecule has 0 atom stereocenters. The summed E-state index contributed by atoms with van der Waals surface area (Å²) < 4.78 is 26.7. The Morgan fingerprint density at radius 3 is 3.00 bits per heavy atom. The standard InChI is InChI=1S/C6H7N3O2S2/c7-13(10,11)6-2-1-3-9-5(6)4-8-12-9/h1-4,8H,(H2,7,10,11). The van der Waals surface area contributed by atoms with Crippen molar-refractivity contribution in [3.05, 3.63) is 35.2 Å². The summed E-state index contributed by atoms with van der Waals surface area (Å²) in [5.74, 6) is 0. The number of hydrogen-bond donors (Lipinski definition) is 2. The summed E-state index contributed by atoms with van der Waals surface area (Å²) in [4.78, 5) is 0.132. The van der Waals surface area contributed by atoms with Gasteiger partial charge in [-0.2, -0.15) is 0 Å². The minimum absolute atomic E-state index is 0.132. The third-order valence-electron chi connectivity index (χ3n) is 1.61. The molecule has 0 unspecified atom stereocenters. The molecule has 2 aliphatic rings. The number of nitrogens with two attached hydrogens (primary N) is 1. The molecule has 3 N–H and O–H groups in total. The molecular weight excluding hydrogens is 210 g/mol. The van der Waals surface area contributed by atoms with E-state index in [-0.39, 0.29) is 4.91 Å². The highest BCUT2D eigenvalue weighted by molar-refractivity contribution is 7.96. The average Bonchev–Trinajstić information content (AvgIpc) is 2.48. The largest absolute Gasteiger partial charge is 0.316 e. The fraction of sp³-hybridized carbons (Fsp3) is 0. The Labute approximate surface area is 80.3 Å².